The van der Waals surface area contributed by atoms with E-state index in [-0.39, 0.29) is 5.91 Å². The van der Waals surface area contributed by atoms with Crippen LogP contribution in [0.15, 0.2) is 0 Å². The van der Waals surface area contributed by atoms with Gasteiger partial charge in [-0.2, -0.15) is 0 Å². The predicted octanol–water partition coefficient (Wildman–Crippen LogP) is 3.56. The second-order valence-electron chi connectivity index (χ2n) is 6.54. The Labute approximate surface area is 130 Å². The van der Waals surface area contributed by atoms with Crippen LogP contribution in [0.1, 0.15) is 66.6 Å². The van der Waals surface area contributed by atoms with E-state index in [1.807, 2.05) is 0 Å². The highest BCUT2D eigenvalue weighted by atomic mass is 32.1. The number of rotatable bonds is 4. The quantitative estimate of drug-likeness (QED) is 0.797. The van der Waals surface area contributed by atoms with E-state index in [9.17, 15) is 4.79 Å². The first-order valence-corrected chi connectivity index (χ1v) is 8.82. The van der Waals surface area contributed by atoms with Crippen LogP contribution in [0.2, 0.25) is 0 Å². The molecule has 4 nitrogen and oxygen atoms in total. The molecule has 2 aliphatic carbocycles. The SMILES string of the molecule is CNC(=O)c1sc(NC2CCC(C)CC2)c(C2CC2)c1N. The van der Waals surface area contributed by atoms with Crippen molar-refractivity contribution in [2.75, 3.05) is 18.1 Å². The van der Waals surface area contributed by atoms with Crippen molar-refractivity contribution in [1.29, 1.82) is 0 Å². The van der Waals surface area contributed by atoms with Gasteiger partial charge in [0.05, 0.1) is 10.7 Å². The Morgan fingerprint density at radius 2 is 1.86 bits per heavy atom. The molecule has 0 saturated heterocycles. The molecule has 0 atom stereocenters. The fourth-order valence-corrected chi connectivity index (χ4v) is 4.44. The largest absolute Gasteiger partial charge is 0.397 e. The number of anilines is 2. The molecule has 2 aliphatic rings. The molecule has 1 aromatic rings. The fourth-order valence-electron chi connectivity index (χ4n) is 3.21. The number of carbonyl (C=O) groups excluding carboxylic acids is 1. The van der Waals surface area contributed by atoms with Crippen molar-refractivity contribution < 1.29 is 4.79 Å². The van der Waals surface area contributed by atoms with E-state index in [0.29, 0.717) is 22.5 Å². The topological polar surface area (TPSA) is 67.2 Å². The Kier molecular flexibility index (Phi) is 4.11. The van der Waals surface area contributed by atoms with Crippen molar-refractivity contribution in [2.24, 2.45) is 5.92 Å². The lowest BCUT2D eigenvalue weighted by Gasteiger charge is -2.27. The van der Waals surface area contributed by atoms with E-state index < -0.39 is 0 Å². The molecule has 4 N–H and O–H groups in total. The summed E-state index contributed by atoms with van der Waals surface area (Å²) in [6.45, 7) is 2.33. The average molecular weight is 307 g/mol. The minimum Gasteiger partial charge on any atom is -0.397 e. The molecule has 0 unspecified atom stereocenters. The molecule has 0 aliphatic heterocycles. The molecular formula is C16H25N3OS. The second kappa shape index (κ2) is 5.87. The van der Waals surface area contributed by atoms with Gasteiger partial charge in [0.1, 0.15) is 4.88 Å². The van der Waals surface area contributed by atoms with Gasteiger partial charge in [-0.05, 0) is 50.4 Å². The highest BCUT2D eigenvalue weighted by Gasteiger charge is 2.33. The Morgan fingerprint density at radius 1 is 1.19 bits per heavy atom. The van der Waals surface area contributed by atoms with E-state index in [2.05, 4.69) is 17.6 Å². The minimum absolute atomic E-state index is 0.0651. The van der Waals surface area contributed by atoms with Crippen LogP contribution < -0.4 is 16.4 Å². The molecule has 0 bridgehead atoms. The van der Waals surface area contributed by atoms with Gasteiger partial charge in [0.25, 0.3) is 5.91 Å². The summed E-state index contributed by atoms with van der Waals surface area (Å²) in [7, 11) is 1.66. The monoisotopic (exact) mass is 307 g/mol. The molecule has 116 valence electrons. The Morgan fingerprint density at radius 3 is 2.43 bits per heavy atom. The van der Waals surface area contributed by atoms with Crippen LogP contribution >= 0.6 is 11.3 Å². The van der Waals surface area contributed by atoms with Gasteiger partial charge in [-0.3, -0.25) is 4.79 Å². The molecule has 0 aromatic carbocycles. The van der Waals surface area contributed by atoms with Crippen LogP contribution in [0.25, 0.3) is 0 Å². The van der Waals surface area contributed by atoms with Crippen molar-refractivity contribution in [3.05, 3.63) is 10.4 Å². The van der Waals surface area contributed by atoms with E-state index in [4.69, 9.17) is 5.73 Å². The van der Waals surface area contributed by atoms with Crippen molar-refractivity contribution in [3.8, 4) is 0 Å². The van der Waals surface area contributed by atoms with E-state index >= 15 is 0 Å². The molecule has 1 aromatic heterocycles. The first-order chi connectivity index (χ1) is 10.1. The molecule has 0 radical (unpaired) electrons. The number of thiophene rings is 1. The van der Waals surface area contributed by atoms with Gasteiger partial charge in [0, 0.05) is 18.7 Å². The zero-order chi connectivity index (χ0) is 15.0. The smallest absolute Gasteiger partial charge is 0.263 e. The van der Waals surface area contributed by atoms with E-state index in [1.54, 1.807) is 7.05 Å². The van der Waals surface area contributed by atoms with Crippen molar-refractivity contribution in [3.63, 3.8) is 0 Å². The summed E-state index contributed by atoms with van der Waals surface area (Å²) in [5.41, 5.74) is 8.17. The summed E-state index contributed by atoms with van der Waals surface area (Å²) >= 11 is 1.53. The first kappa shape index (κ1) is 14.7. The summed E-state index contributed by atoms with van der Waals surface area (Å²) in [5.74, 6) is 1.34. The summed E-state index contributed by atoms with van der Waals surface area (Å²) in [6, 6.07) is 0.536. The molecule has 5 heteroatoms. The number of hydrogen-bond acceptors (Lipinski definition) is 4. The lowest BCUT2D eigenvalue weighted by Crippen LogP contribution is -2.25. The third-order valence-corrected chi connectivity index (χ3v) is 5.90. The maximum atomic E-state index is 12.0. The van der Waals surface area contributed by atoms with E-state index in [1.165, 1.54) is 55.4 Å². The van der Waals surface area contributed by atoms with Crippen LogP contribution in [0.4, 0.5) is 10.7 Å². The first-order valence-electron chi connectivity index (χ1n) is 8.01. The molecule has 1 amide bonds. The maximum Gasteiger partial charge on any atom is 0.263 e. The van der Waals surface area contributed by atoms with Gasteiger partial charge >= 0.3 is 0 Å². The molecule has 3 rings (SSSR count). The Balaban J connectivity index is 1.81. The number of amides is 1. The van der Waals surface area contributed by atoms with Gasteiger partial charge in [-0.1, -0.05) is 6.92 Å². The summed E-state index contributed by atoms with van der Waals surface area (Å²) in [5, 5.41) is 7.53. The van der Waals surface area contributed by atoms with Crippen LogP contribution in [-0.2, 0) is 0 Å². The zero-order valence-electron chi connectivity index (χ0n) is 12.9. The van der Waals surface area contributed by atoms with Gasteiger partial charge in [-0.15, -0.1) is 11.3 Å². The number of nitrogen functional groups attached to an aromatic ring is 1. The standard InChI is InChI=1S/C16H25N3OS/c1-9-3-7-11(8-4-9)19-16-12(10-5-6-10)13(17)14(21-16)15(20)18-2/h9-11,19H,3-8,17H2,1-2H3,(H,18,20). The van der Waals surface area contributed by atoms with Crippen molar-refractivity contribution >= 4 is 27.9 Å². The zero-order valence-corrected chi connectivity index (χ0v) is 13.7. The maximum absolute atomic E-state index is 12.0. The van der Waals surface area contributed by atoms with Gasteiger partial charge in [-0.25, -0.2) is 0 Å². The molecule has 1 heterocycles. The highest BCUT2D eigenvalue weighted by molar-refractivity contribution is 7.18. The molecule has 2 saturated carbocycles. The highest BCUT2D eigenvalue weighted by Crippen LogP contribution is 2.51. The lowest BCUT2D eigenvalue weighted by molar-refractivity contribution is 0.0968. The van der Waals surface area contributed by atoms with Crippen LogP contribution in [0.5, 0.6) is 0 Å². The fraction of sp³-hybridized carbons (Fsp3) is 0.688. The molecule has 0 spiro atoms. The van der Waals surface area contributed by atoms with Crippen LogP contribution in [-0.4, -0.2) is 19.0 Å². The van der Waals surface area contributed by atoms with Crippen LogP contribution in [0, 0.1) is 5.92 Å². The summed E-state index contributed by atoms with van der Waals surface area (Å²) in [4.78, 5) is 12.6. The Bertz CT molecular complexity index is 528. The third kappa shape index (κ3) is 3.03. The van der Waals surface area contributed by atoms with Gasteiger partial charge in [0.15, 0.2) is 0 Å². The normalized spacial score (nSPS) is 25.6. The van der Waals surface area contributed by atoms with Crippen molar-refractivity contribution in [2.45, 2.75) is 57.4 Å². The van der Waals surface area contributed by atoms with E-state index in [0.717, 1.165) is 10.9 Å². The molecule has 2 fully saturated rings. The Hall–Kier alpha value is -1.23. The van der Waals surface area contributed by atoms with Crippen LogP contribution in [0.3, 0.4) is 0 Å². The summed E-state index contributed by atoms with van der Waals surface area (Å²) < 4.78 is 0. The number of nitrogens with two attached hydrogens (primary N) is 1. The molecular weight excluding hydrogens is 282 g/mol. The van der Waals surface area contributed by atoms with Gasteiger partial charge < -0.3 is 16.4 Å². The van der Waals surface area contributed by atoms with Crippen molar-refractivity contribution in [1.82, 2.24) is 5.32 Å². The summed E-state index contributed by atoms with van der Waals surface area (Å²) in [6.07, 6.45) is 7.42. The second-order valence-corrected chi connectivity index (χ2v) is 7.56. The third-order valence-electron chi connectivity index (χ3n) is 4.75. The average Bonchev–Trinajstić information content (AvgIpc) is 3.26. The number of hydrogen-bond donors (Lipinski definition) is 3. The lowest BCUT2D eigenvalue weighted by atomic mass is 9.87. The number of carbonyl (C=O) groups is 1. The predicted molar refractivity (Wildman–Crippen MR) is 89.1 cm³/mol. The number of nitrogens with one attached hydrogen (secondary N) is 2. The van der Waals surface area contributed by atoms with Gasteiger partial charge in [0.2, 0.25) is 0 Å². The minimum atomic E-state index is -0.0651. The molecule has 21 heavy (non-hydrogen) atoms.